The van der Waals surface area contributed by atoms with Crippen LogP contribution in [-0.2, 0) is 9.59 Å². The van der Waals surface area contributed by atoms with Gasteiger partial charge in [-0.3, -0.25) is 9.59 Å². The zero-order valence-electron chi connectivity index (χ0n) is 14.7. The third-order valence-corrected chi connectivity index (χ3v) is 5.42. The summed E-state index contributed by atoms with van der Waals surface area (Å²) >= 11 is 18.4. The van der Waals surface area contributed by atoms with E-state index >= 15 is 0 Å². The van der Waals surface area contributed by atoms with Crippen molar-refractivity contribution in [3.63, 3.8) is 0 Å². The standard InChI is InChI=1S/C19H15Cl3N2O3/c1-9-7-13(15(27-3)8-12(9)21)23-17-16(22)18(25)24(19(17)26)14-6-4-5-11(20)10(14)2/h4-8,23H,1-3H3. The van der Waals surface area contributed by atoms with Crippen molar-refractivity contribution in [3.05, 3.63) is 62.2 Å². The molecule has 2 aromatic rings. The normalized spacial score (nSPS) is 14.2. The molecule has 5 nitrogen and oxygen atoms in total. The summed E-state index contributed by atoms with van der Waals surface area (Å²) in [5, 5.41) is 3.66. The van der Waals surface area contributed by atoms with Gasteiger partial charge in [-0.2, -0.15) is 0 Å². The number of ether oxygens (including phenoxy) is 1. The fourth-order valence-corrected chi connectivity index (χ4v) is 3.27. The van der Waals surface area contributed by atoms with Gasteiger partial charge in [0.15, 0.2) is 0 Å². The summed E-state index contributed by atoms with van der Waals surface area (Å²) in [6.45, 7) is 3.54. The molecule has 1 aliphatic rings. The van der Waals surface area contributed by atoms with E-state index in [0.717, 1.165) is 10.5 Å². The Labute approximate surface area is 171 Å². The largest absolute Gasteiger partial charge is 0.495 e. The summed E-state index contributed by atoms with van der Waals surface area (Å²) in [4.78, 5) is 26.6. The van der Waals surface area contributed by atoms with E-state index in [0.29, 0.717) is 32.7 Å². The van der Waals surface area contributed by atoms with Crippen LogP contribution in [0.4, 0.5) is 11.4 Å². The Kier molecular flexibility index (Phi) is 5.38. The highest BCUT2D eigenvalue weighted by Gasteiger charge is 2.40. The number of nitrogens with zero attached hydrogens (tertiary/aromatic N) is 1. The zero-order valence-corrected chi connectivity index (χ0v) is 17.0. The summed E-state index contributed by atoms with van der Waals surface area (Å²) in [7, 11) is 1.48. The van der Waals surface area contributed by atoms with E-state index in [1.807, 2.05) is 6.92 Å². The molecule has 8 heteroatoms. The monoisotopic (exact) mass is 424 g/mol. The number of methoxy groups -OCH3 is 1. The first kappa shape index (κ1) is 19.5. The van der Waals surface area contributed by atoms with Crippen LogP contribution in [0.25, 0.3) is 0 Å². The Balaban J connectivity index is 2.01. The zero-order chi connectivity index (χ0) is 19.9. The number of anilines is 2. The number of rotatable bonds is 4. The third kappa shape index (κ3) is 3.38. The Morgan fingerprint density at radius 1 is 1.00 bits per heavy atom. The molecule has 2 amide bonds. The van der Waals surface area contributed by atoms with Gasteiger partial charge in [0.2, 0.25) is 0 Å². The molecule has 3 rings (SSSR count). The van der Waals surface area contributed by atoms with Crippen molar-refractivity contribution < 1.29 is 14.3 Å². The van der Waals surface area contributed by atoms with E-state index in [4.69, 9.17) is 39.5 Å². The molecule has 1 aliphatic heterocycles. The van der Waals surface area contributed by atoms with Gasteiger partial charge >= 0.3 is 0 Å². The lowest BCUT2D eigenvalue weighted by molar-refractivity contribution is -0.120. The first-order chi connectivity index (χ1) is 12.8. The Morgan fingerprint density at radius 3 is 2.37 bits per heavy atom. The van der Waals surface area contributed by atoms with Gasteiger partial charge < -0.3 is 10.1 Å². The fraction of sp³-hybridized carbons (Fsp3) is 0.158. The van der Waals surface area contributed by atoms with Crippen molar-refractivity contribution in [2.45, 2.75) is 13.8 Å². The van der Waals surface area contributed by atoms with Crippen LogP contribution in [0.1, 0.15) is 11.1 Å². The molecule has 0 saturated heterocycles. The molecule has 0 radical (unpaired) electrons. The number of benzene rings is 2. The van der Waals surface area contributed by atoms with Crippen LogP contribution in [0.2, 0.25) is 10.0 Å². The summed E-state index contributed by atoms with van der Waals surface area (Å²) in [5.41, 5.74) is 2.19. The highest BCUT2D eigenvalue weighted by Crippen LogP contribution is 2.37. The van der Waals surface area contributed by atoms with Gasteiger partial charge in [0.05, 0.1) is 18.5 Å². The molecule has 1 N–H and O–H groups in total. The number of amides is 2. The van der Waals surface area contributed by atoms with Gasteiger partial charge in [-0.05, 0) is 43.2 Å². The number of imide groups is 1. The molecule has 140 valence electrons. The third-order valence-electron chi connectivity index (χ3n) is 4.25. The van der Waals surface area contributed by atoms with Crippen LogP contribution in [0.5, 0.6) is 5.75 Å². The maximum atomic E-state index is 12.9. The van der Waals surface area contributed by atoms with Crippen molar-refractivity contribution in [1.29, 1.82) is 0 Å². The van der Waals surface area contributed by atoms with Gasteiger partial charge in [0.25, 0.3) is 11.8 Å². The van der Waals surface area contributed by atoms with Crippen LogP contribution in [-0.4, -0.2) is 18.9 Å². The number of halogens is 3. The van der Waals surface area contributed by atoms with Crippen molar-refractivity contribution in [2.75, 3.05) is 17.3 Å². The van der Waals surface area contributed by atoms with E-state index in [2.05, 4.69) is 5.32 Å². The lowest BCUT2D eigenvalue weighted by Gasteiger charge is -2.18. The van der Waals surface area contributed by atoms with Crippen LogP contribution >= 0.6 is 34.8 Å². The number of carbonyl (C=O) groups is 2. The maximum Gasteiger partial charge on any atom is 0.283 e. The summed E-state index contributed by atoms with van der Waals surface area (Å²) < 4.78 is 5.30. The molecule has 2 aromatic carbocycles. The van der Waals surface area contributed by atoms with E-state index in [1.54, 1.807) is 37.3 Å². The molecule has 0 atom stereocenters. The number of hydrogen-bond acceptors (Lipinski definition) is 4. The van der Waals surface area contributed by atoms with Gasteiger partial charge in [-0.1, -0.05) is 40.9 Å². The molecule has 0 aliphatic carbocycles. The summed E-state index contributed by atoms with van der Waals surface area (Å²) in [6, 6.07) is 8.31. The number of nitrogens with one attached hydrogen (secondary N) is 1. The number of carbonyl (C=O) groups excluding carboxylic acids is 2. The molecule has 0 spiro atoms. The topological polar surface area (TPSA) is 58.6 Å². The van der Waals surface area contributed by atoms with Crippen molar-refractivity contribution in [1.82, 2.24) is 0 Å². The number of hydrogen-bond donors (Lipinski definition) is 1. The van der Waals surface area contributed by atoms with E-state index in [-0.39, 0.29) is 10.7 Å². The molecule has 1 heterocycles. The van der Waals surface area contributed by atoms with E-state index in [1.165, 1.54) is 7.11 Å². The molecule has 0 unspecified atom stereocenters. The predicted octanol–water partition coefficient (Wildman–Crippen LogP) is 5.05. The highest BCUT2D eigenvalue weighted by molar-refractivity contribution is 6.53. The van der Waals surface area contributed by atoms with Crippen molar-refractivity contribution >= 4 is 58.0 Å². The molecule has 0 fully saturated rings. The highest BCUT2D eigenvalue weighted by atomic mass is 35.5. The minimum absolute atomic E-state index is 0.0407. The quantitative estimate of drug-likeness (QED) is 0.696. The smallest absolute Gasteiger partial charge is 0.283 e. The molecular weight excluding hydrogens is 411 g/mol. The first-order valence-corrected chi connectivity index (χ1v) is 9.04. The molecule has 0 bridgehead atoms. The Bertz CT molecular complexity index is 1000. The summed E-state index contributed by atoms with van der Waals surface area (Å²) in [5.74, 6) is -0.788. The Morgan fingerprint density at radius 2 is 1.70 bits per heavy atom. The SMILES string of the molecule is COc1cc(Cl)c(C)cc1NC1=C(Cl)C(=O)N(c2cccc(Cl)c2C)C1=O. The van der Waals surface area contributed by atoms with E-state index in [9.17, 15) is 9.59 Å². The van der Waals surface area contributed by atoms with Gasteiger partial charge in [-0.25, -0.2) is 4.90 Å². The molecule has 0 saturated carbocycles. The van der Waals surface area contributed by atoms with Gasteiger partial charge in [0, 0.05) is 16.1 Å². The molecule has 27 heavy (non-hydrogen) atoms. The van der Waals surface area contributed by atoms with Crippen LogP contribution in [0.3, 0.4) is 0 Å². The van der Waals surface area contributed by atoms with Crippen molar-refractivity contribution in [3.8, 4) is 5.75 Å². The minimum Gasteiger partial charge on any atom is -0.495 e. The first-order valence-electron chi connectivity index (χ1n) is 7.91. The Hall–Kier alpha value is -2.21. The second kappa shape index (κ2) is 7.43. The van der Waals surface area contributed by atoms with Crippen LogP contribution < -0.4 is 15.0 Å². The summed E-state index contributed by atoms with van der Waals surface area (Å²) in [6.07, 6.45) is 0. The minimum atomic E-state index is -0.626. The molecule has 0 aromatic heterocycles. The fourth-order valence-electron chi connectivity index (χ4n) is 2.73. The van der Waals surface area contributed by atoms with Gasteiger partial charge in [0.1, 0.15) is 16.5 Å². The lowest BCUT2D eigenvalue weighted by Crippen LogP contribution is -2.32. The van der Waals surface area contributed by atoms with Crippen LogP contribution in [0, 0.1) is 13.8 Å². The second-order valence-corrected chi connectivity index (χ2v) is 7.14. The lowest BCUT2D eigenvalue weighted by atomic mass is 10.2. The second-order valence-electron chi connectivity index (χ2n) is 5.95. The number of aryl methyl sites for hydroxylation is 1. The van der Waals surface area contributed by atoms with Crippen LogP contribution in [0.15, 0.2) is 41.1 Å². The molecular formula is C19H15Cl3N2O3. The average Bonchev–Trinajstić information content (AvgIpc) is 2.84. The average molecular weight is 426 g/mol. The van der Waals surface area contributed by atoms with E-state index < -0.39 is 11.8 Å². The van der Waals surface area contributed by atoms with Gasteiger partial charge in [-0.15, -0.1) is 0 Å². The van der Waals surface area contributed by atoms with Crippen molar-refractivity contribution in [2.24, 2.45) is 0 Å². The maximum absolute atomic E-state index is 12.9. The predicted molar refractivity (Wildman–Crippen MR) is 108 cm³/mol.